The molecule has 72 valence electrons. The maximum Gasteiger partial charge on any atom is 0.273 e. The lowest BCUT2D eigenvalue weighted by molar-refractivity contribution is 0.109. The van der Waals surface area contributed by atoms with Crippen molar-refractivity contribution in [2.24, 2.45) is 0 Å². The number of aldehydes is 1. The first-order chi connectivity index (χ1) is 6.10. The Morgan fingerprint density at radius 2 is 2.23 bits per heavy atom. The van der Waals surface area contributed by atoms with Crippen molar-refractivity contribution < 1.29 is 17.6 Å². The summed E-state index contributed by atoms with van der Waals surface area (Å²) in [5.74, 6) is -0.00326. The number of rotatable bonds is 4. The molecule has 0 aliphatic rings. The van der Waals surface area contributed by atoms with E-state index in [0.717, 1.165) is 0 Å². The molecule has 0 saturated heterocycles. The van der Waals surface area contributed by atoms with Gasteiger partial charge in [0.1, 0.15) is 0 Å². The second-order valence-electron chi connectivity index (χ2n) is 2.28. The molecule has 1 heterocycles. The fraction of sp³-hybridized carbons (Fsp3) is 0.286. The Morgan fingerprint density at radius 3 is 2.69 bits per heavy atom. The Balaban J connectivity index is 3.01. The van der Waals surface area contributed by atoms with E-state index in [0.29, 0.717) is 6.29 Å². The number of carbonyl (C=O) groups is 1. The molecule has 0 amide bonds. The van der Waals surface area contributed by atoms with Gasteiger partial charge in [0.05, 0.1) is 0 Å². The first kappa shape index (κ1) is 9.94. The molecule has 0 aliphatic carbocycles. The van der Waals surface area contributed by atoms with E-state index in [1.54, 1.807) is 6.92 Å². The van der Waals surface area contributed by atoms with Gasteiger partial charge in [-0.3, -0.25) is 4.79 Å². The zero-order chi connectivity index (χ0) is 9.90. The third-order valence-corrected chi connectivity index (χ3v) is 2.74. The Bertz CT molecular complexity index is 392. The second-order valence-corrected chi connectivity index (χ2v) is 3.97. The minimum absolute atomic E-state index is 0.00326. The van der Waals surface area contributed by atoms with Gasteiger partial charge in [-0.2, -0.15) is 0 Å². The Kier molecular flexibility index (Phi) is 2.84. The second kappa shape index (κ2) is 3.71. The standard InChI is InChI=1S/C7H9NO4S/c1-2-8-13(10,11)7-4-3-6(5-9)12-7/h3-5,8H,2H2,1H3. The highest BCUT2D eigenvalue weighted by Crippen LogP contribution is 2.11. The first-order valence-corrected chi connectivity index (χ1v) is 5.13. The molecule has 0 unspecified atom stereocenters. The van der Waals surface area contributed by atoms with Gasteiger partial charge in [0, 0.05) is 6.54 Å². The van der Waals surface area contributed by atoms with Crippen LogP contribution in [-0.4, -0.2) is 21.2 Å². The average molecular weight is 203 g/mol. The zero-order valence-electron chi connectivity index (χ0n) is 6.98. The van der Waals surface area contributed by atoms with Crippen molar-refractivity contribution >= 4 is 16.3 Å². The average Bonchev–Trinajstić information content (AvgIpc) is 2.52. The summed E-state index contributed by atoms with van der Waals surface area (Å²) in [7, 11) is -3.58. The molecule has 1 rings (SSSR count). The van der Waals surface area contributed by atoms with Crippen LogP contribution in [0.4, 0.5) is 0 Å². The predicted octanol–water partition coefficient (Wildman–Crippen LogP) is 0.390. The summed E-state index contributed by atoms with van der Waals surface area (Å²) in [5.41, 5.74) is 0. The van der Waals surface area contributed by atoms with Crippen LogP contribution in [0.15, 0.2) is 21.6 Å². The summed E-state index contributed by atoms with van der Waals surface area (Å²) in [4.78, 5) is 10.2. The molecule has 0 aliphatic heterocycles. The largest absolute Gasteiger partial charge is 0.440 e. The third-order valence-electron chi connectivity index (χ3n) is 1.32. The molecule has 13 heavy (non-hydrogen) atoms. The van der Waals surface area contributed by atoms with Crippen molar-refractivity contribution in [2.45, 2.75) is 12.0 Å². The van der Waals surface area contributed by atoms with E-state index < -0.39 is 10.0 Å². The quantitative estimate of drug-likeness (QED) is 0.718. The van der Waals surface area contributed by atoms with Gasteiger partial charge >= 0.3 is 0 Å². The molecule has 0 saturated carbocycles. The van der Waals surface area contributed by atoms with Crippen LogP contribution in [0.5, 0.6) is 0 Å². The van der Waals surface area contributed by atoms with E-state index in [1.165, 1.54) is 12.1 Å². The first-order valence-electron chi connectivity index (χ1n) is 3.65. The van der Waals surface area contributed by atoms with Crippen molar-refractivity contribution in [1.82, 2.24) is 4.72 Å². The van der Waals surface area contributed by atoms with E-state index in [-0.39, 0.29) is 17.4 Å². The van der Waals surface area contributed by atoms with Crippen LogP contribution in [0, 0.1) is 0 Å². The summed E-state index contributed by atoms with van der Waals surface area (Å²) in [5, 5.41) is -0.239. The van der Waals surface area contributed by atoms with Crippen LogP contribution in [0.2, 0.25) is 0 Å². The van der Waals surface area contributed by atoms with Crippen molar-refractivity contribution in [2.75, 3.05) is 6.54 Å². The number of hydrogen-bond acceptors (Lipinski definition) is 4. The van der Waals surface area contributed by atoms with Gasteiger partial charge in [0.15, 0.2) is 12.0 Å². The topological polar surface area (TPSA) is 76.4 Å². The van der Waals surface area contributed by atoms with E-state index in [9.17, 15) is 13.2 Å². The minimum Gasteiger partial charge on any atom is -0.440 e. The van der Waals surface area contributed by atoms with Crippen LogP contribution >= 0.6 is 0 Å². The lowest BCUT2D eigenvalue weighted by Gasteiger charge is -1.98. The molecule has 1 aromatic heterocycles. The maximum atomic E-state index is 11.2. The lowest BCUT2D eigenvalue weighted by Crippen LogP contribution is -2.22. The fourth-order valence-electron chi connectivity index (χ4n) is 0.803. The maximum absolute atomic E-state index is 11.2. The molecular weight excluding hydrogens is 194 g/mol. The van der Waals surface area contributed by atoms with E-state index in [4.69, 9.17) is 4.42 Å². The van der Waals surface area contributed by atoms with E-state index >= 15 is 0 Å². The van der Waals surface area contributed by atoms with Gasteiger partial charge in [-0.1, -0.05) is 6.92 Å². The zero-order valence-corrected chi connectivity index (χ0v) is 7.80. The van der Waals surface area contributed by atoms with Crippen LogP contribution in [-0.2, 0) is 10.0 Å². The van der Waals surface area contributed by atoms with E-state index in [2.05, 4.69) is 4.72 Å². The summed E-state index contributed by atoms with van der Waals surface area (Å²) in [6.45, 7) is 1.93. The normalized spacial score (nSPS) is 11.5. The van der Waals surface area contributed by atoms with Gasteiger partial charge in [-0.15, -0.1) is 0 Å². The van der Waals surface area contributed by atoms with Gasteiger partial charge < -0.3 is 4.42 Å². The summed E-state index contributed by atoms with van der Waals surface area (Å²) in [6.07, 6.45) is 0.449. The predicted molar refractivity (Wildman–Crippen MR) is 45.0 cm³/mol. The number of carbonyl (C=O) groups excluding carboxylic acids is 1. The van der Waals surface area contributed by atoms with Crippen LogP contribution < -0.4 is 4.72 Å². The number of nitrogens with one attached hydrogen (secondary N) is 1. The van der Waals surface area contributed by atoms with Crippen LogP contribution in [0.25, 0.3) is 0 Å². The van der Waals surface area contributed by atoms with Crippen LogP contribution in [0.3, 0.4) is 0 Å². The van der Waals surface area contributed by atoms with Gasteiger partial charge in [-0.05, 0) is 12.1 Å². The highest BCUT2D eigenvalue weighted by atomic mass is 32.2. The number of hydrogen-bond donors (Lipinski definition) is 1. The molecule has 0 spiro atoms. The van der Waals surface area contributed by atoms with Crippen molar-refractivity contribution in [1.29, 1.82) is 0 Å². The smallest absolute Gasteiger partial charge is 0.273 e. The number of furan rings is 1. The molecule has 5 nitrogen and oxygen atoms in total. The Hall–Kier alpha value is -1.14. The minimum atomic E-state index is -3.58. The number of sulfonamides is 1. The SMILES string of the molecule is CCNS(=O)(=O)c1ccc(C=O)o1. The molecule has 1 aromatic rings. The van der Waals surface area contributed by atoms with Crippen molar-refractivity contribution in [3.63, 3.8) is 0 Å². The molecule has 0 aromatic carbocycles. The third kappa shape index (κ3) is 2.16. The summed E-state index contributed by atoms with van der Waals surface area (Å²) >= 11 is 0. The lowest BCUT2D eigenvalue weighted by atomic mass is 10.5. The van der Waals surface area contributed by atoms with Crippen molar-refractivity contribution in [3.05, 3.63) is 17.9 Å². The van der Waals surface area contributed by atoms with Crippen molar-refractivity contribution in [3.8, 4) is 0 Å². The monoisotopic (exact) mass is 203 g/mol. The molecule has 0 bridgehead atoms. The highest BCUT2D eigenvalue weighted by molar-refractivity contribution is 7.89. The van der Waals surface area contributed by atoms with Crippen LogP contribution in [0.1, 0.15) is 17.5 Å². The fourth-order valence-corrected chi connectivity index (χ4v) is 1.78. The van der Waals surface area contributed by atoms with E-state index in [1.807, 2.05) is 0 Å². The highest BCUT2D eigenvalue weighted by Gasteiger charge is 2.16. The van der Waals surface area contributed by atoms with Gasteiger partial charge in [0.2, 0.25) is 5.09 Å². The molecular formula is C7H9NO4S. The summed E-state index contributed by atoms with van der Waals surface area (Å²) < 4.78 is 29.5. The Labute approximate surface area is 75.8 Å². The molecule has 6 heteroatoms. The van der Waals surface area contributed by atoms with Gasteiger partial charge in [0.25, 0.3) is 10.0 Å². The molecule has 1 N–H and O–H groups in total. The molecule has 0 atom stereocenters. The Morgan fingerprint density at radius 1 is 1.54 bits per heavy atom. The van der Waals surface area contributed by atoms with Gasteiger partial charge in [-0.25, -0.2) is 13.1 Å². The summed E-state index contributed by atoms with van der Waals surface area (Å²) in [6, 6.07) is 2.54. The molecule has 0 radical (unpaired) electrons. The molecule has 0 fully saturated rings.